The minimum atomic E-state index is -0.702. The molecule has 0 saturated carbocycles. The highest BCUT2D eigenvalue weighted by Gasteiger charge is 2.13. The van der Waals surface area contributed by atoms with Crippen LogP contribution in [0.3, 0.4) is 0 Å². The van der Waals surface area contributed by atoms with E-state index in [2.05, 4.69) is 10.6 Å². The van der Waals surface area contributed by atoms with Crippen LogP contribution in [0.4, 0.5) is 14.5 Å². The highest BCUT2D eigenvalue weighted by molar-refractivity contribution is 7.80. The molecule has 0 saturated heterocycles. The number of halogens is 2. The topological polar surface area (TPSA) is 42.5 Å². The number of thiocarbonyl (C=S) groups is 1. The van der Waals surface area contributed by atoms with Gasteiger partial charge in [-0.05, 0) is 42.0 Å². The summed E-state index contributed by atoms with van der Waals surface area (Å²) >= 11 is 5.04. The van der Waals surface area contributed by atoms with Crippen LogP contribution in [0.25, 0.3) is 0 Å². The second-order valence-corrected chi connectivity index (χ2v) is 5.00. The summed E-state index contributed by atoms with van der Waals surface area (Å²) in [5.74, 6) is -0.0457. The van der Waals surface area contributed by atoms with Gasteiger partial charge in [-0.1, -0.05) is 12.1 Å². The summed E-state index contributed by atoms with van der Waals surface area (Å²) in [7, 11) is 0. The molecule has 0 unspecified atom stereocenters. The molecule has 22 heavy (non-hydrogen) atoms. The summed E-state index contributed by atoms with van der Waals surface area (Å²) in [5, 5.41) is 5.53. The third kappa shape index (κ3) is 3.09. The number of ether oxygens (including phenoxy) is 2. The number of hydrogen-bond donors (Lipinski definition) is 2. The van der Waals surface area contributed by atoms with Crippen LogP contribution in [-0.2, 0) is 6.54 Å². The van der Waals surface area contributed by atoms with Crippen LogP contribution in [0.1, 0.15) is 5.56 Å². The highest BCUT2D eigenvalue weighted by atomic mass is 32.1. The summed E-state index contributed by atoms with van der Waals surface area (Å²) in [5.41, 5.74) is 0.632. The Balaban J connectivity index is 1.61. The second-order valence-electron chi connectivity index (χ2n) is 4.59. The number of anilines is 1. The molecule has 1 aliphatic rings. The summed E-state index contributed by atoms with van der Waals surface area (Å²) in [6, 6.07) is 9.08. The monoisotopic (exact) mass is 322 g/mol. The molecular formula is C15H12F2N2O2S. The van der Waals surface area contributed by atoms with Crippen LogP contribution in [0.15, 0.2) is 36.4 Å². The molecule has 2 aromatic rings. The van der Waals surface area contributed by atoms with E-state index in [1.165, 1.54) is 6.07 Å². The predicted octanol–water partition coefficient (Wildman–Crippen LogP) is 3.18. The molecule has 0 atom stereocenters. The zero-order chi connectivity index (χ0) is 15.5. The molecule has 1 aliphatic heterocycles. The van der Waals surface area contributed by atoms with E-state index in [0.717, 1.165) is 17.7 Å². The van der Waals surface area contributed by atoms with Gasteiger partial charge in [-0.3, -0.25) is 0 Å². The van der Waals surface area contributed by atoms with Gasteiger partial charge in [-0.15, -0.1) is 0 Å². The molecule has 4 nitrogen and oxygen atoms in total. The normalized spacial score (nSPS) is 12.1. The molecule has 0 amide bonds. The van der Waals surface area contributed by atoms with Crippen molar-refractivity contribution in [2.75, 3.05) is 12.1 Å². The first-order chi connectivity index (χ1) is 10.6. The van der Waals surface area contributed by atoms with Gasteiger partial charge in [0.2, 0.25) is 6.79 Å². The second kappa shape index (κ2) is 6.15. The van der Waals surface area contributed by atoms with Crippen LogP contribution >= 0.6 is 12.2 Å². The van der Waals surface area contributed by atoms with E-state index >= 15 is 0 Å². The average molecular weight is 322 g/mol. The number of benzene rings is 2. The smallest absolute Gasteiger partial charge is 0.231 e. The van der Waals surface area contributed by atoms with Gasteiger partial charge in [0, 0.05) is 6.54 Å². The van der Waals surface area contributed by atoms with Crippen LogP contribution in [0, 0.1) is 11.6 Å². The zero-order valence-electron chi connectivity index (χ0n) is 11.4. The summed E-state index contributed by atoms with van der Waals surface area (Å²) in [6.07, 6.45) is 0. The van der Waals surface area contributed by atoms with Crippen LogP contribution in [0.2, 0.25) is 0 Å². The van der Waals surface area contributed by atoms with Crippen molar-refractivity contribution in [3.05, 3.63) is 53.6 Å². The molecule has 1 heterocycles. The van der Waals surface area contributed by atoms with Crippen LogP contribution < -0.4 is 20.1 Å². The zero-order valence-corrected chi connectivity index (χ0v) is 12.2. The Morgan fingerprint density at radius 3 is 2.59 bits per heavy atom. The molecular weight excluding hydrogens is 310 g/mol. The third-order valence-electron chi connectivity index (χ3n) is 3.09. The van der Waals surface area contributed by atoms with Gasteiger partial charge in [0.15, 0.2) is 16.6 Å². The molecule has 0 fully saturated rings. The Morgan fingerprint density at radius 1 is 1.09 bits per heavy atom. The maximum atomic E-state index is 13.5. The first-order valence-corrected chi connectivity index (χ1v) is 6.92. The minimum Gasteiger partial charge on any atom is -0.454 e. The van der Waals surface area contributed by atoms with Crippen molar-refractivity contribution in [1.29, 1.82) is 0 Å². The van der Waals surface area contributed by atoms with Crippen molar-refractivity contribution in [3.63, 3.8) is 0 Å². The molecule has 0 aliphatic carbocycles. The molecule has 7 heteroatoms. The van der Waals surface area contributed by atoms with Gasteiger partial charge >= 0.3 is 0 Å². The molecule has 0 spiro atoms. The molecule has 0 bridgehead atoms. The molecule has 3 rings (SSSR count). The van der Waals surface area contributed by atoms with Crippen molar-refractivity contribution in [2.45, 2.75) is 6.54 Å². The largest absolute Gasteiger partial charge is 0.454 e. The van der Waals surface area contributed by atoms with Crippen molar-refractivity contribution >= 4 is 23.0 Å². The van der Waals surface area contributed by atoms with Gasteiger partial charge in [0.05, 0.1) is 0 Å². The number of fused-ring (bicyclic) bond motifs is 1. The number of nitrogens with one attached hydrogen (secondary N) is 2. The van der Waals surface area contributed by atoms with Gasteiger partial charge < -0.3 is 20.1 Å². The summed E-state index contributed by atoms with van der Waals surface area (Å²) in [6.45, 7) is 0.595. The van der Waals surface area contributed by atoms with Gasteiger partial charge in [0.1, 0.15) is 17.3 Å². The molecule has 114 valence electrons. The molecule has 0 aromatic heterocycles. The Morgan fingerprint density at radius 2 is 1.82 bits per heavy atom. The third-order valence-corrected chi connectivity index (χ3v) is 3.34. The van der Waals surface area contributed by atoms with E-state index in [1.807, 2.05) is 12.1 Å². The van der Waals surface area contributed by atoms with Gasteiger partial charge in [0.25, 0.3) is 0 Å². The fourth-order valence-corrected chi connectivity index (χ4v) is 2.18. The first kappa shape index (κ1) is 14.5. The molecule has 2 N–H and O–H groups in total. The number of hydrogen-bond acceptors (Lipinski definition) is 3. The Labute approximate surface area is 131 Å². The Bertz CT molecular complexity index is 704. The van der Waals surface area contributed by atoms with E-state index < -0.39 is 11.6 Å². The van der Waals surface area contributed by atoms with Crippen molar-refractivity contribution in [2.24, 2.45) is 0 Å². The van der Waals surface area contributed by atoms with E-state index in [-0.39, 0.29) is 17.6 Å². The Kier molecular flexibility index (Phi) is 4.06. The maximum absolute atomic E-state index is 13.5. The van der Waals surface area contributed by atoms with Gasteiger partial charge in [-0.25, -0.2) is 8.78 Å². The maximum Gasteiger partial charge on any atom is 0.231 e. The number of para-hydroxylation sites is 1. The lowest BCUT2D eigenvalue weighted by atomic mass is 10.2. The lowest BCUT2D eigenvalue weighted by molar-refractivity contribution is 0.174. The fraction of sp³-hybridized carbons (Fsp3) is 0.133. The van der Waals surface area contributed by atoms with Crippen molar-refractivity contribution in [1.82, 2.24) is 5.32 Å². The average Bonchev–Trinajstić information content (AvgIpc) is 2.96. The van der Waals surface area contributed by atoms with E-state index in [1.54, 1.807) is 6.07 Å². The Hall–Kier alpha value is -2.41. The number of rotatable bonds is 3. The van der Waals surface area contributed by atoms with Crippen LogP contribution in [-0.4, -0.2) is 11.9 Å². The van der Waals surface area contributed by atoms with E-state index in [9.17, 15) is 8.78 Å². The summed E-state index contributed by atoms with van der Waals surface area (Å²) < 4.78 is 37.5. The molecule has 0 radical (unpaired) electrons. The van der Waals surface area contributed by atoms with Gasteiger partial charge in [-0.2, -0.15) is 0 Å². The van der Waals surface area contributed by atoms with Crippen LogP contribution in [0.5, 0.6) is 11.5 Å². The standard InChI is InChI=1S/C15H12F2N2O2S/c16-10-2-1-3-11(17)14(10)19-15(22)18-7-9-4-5-12-13(6-9)21-8-20-12/h1-6H,7-8H2,(H2,18,19,22). The predicted molar refractivity (Wildman–Crippen MR) is 82.0 cm³/mol. The fourth-order valence-electron chi connectivity index (χ4n) is 2.01. The van der Waals surface area contributed by atoms with E-state index in [4.69, 9.17) is 21.7 Å². The first-order valence-electron chi connectivity index (χ1n) is 6.51. The highest BCUT2D eigenvalue weighted by Crippen LogP contribution is 2.32. The quantitative estimate of drug-likeness (QED) is 0.850. The lowest BCUT2D eigenvalue weighted by Crippen LogP contribution is -2.28. The SMILES string of the molecule is Fc1cccc(F)c1NC(=S)NCc1ccc2c(c1)OCO2. The lowest BCUT2D eigenvalue weighted by Gasteiger charge is -2.12. The summed E-state index contributed by atoms with van der Waals surface area (Å²) in [4.78, 5) is 0. The van der Waals surface area contributed by atoms with E-state index in [0.29, 0.717) is 18.0 Å². The minimum absolute atomic E-state index is 0.127. The van der Waals surface area contributed by atoms with Crippen molar-refractivity contribution < 1.29 is 18.3 Å². The molecule has 2 aromatic carbocycles. The van der Waals surface area contributed by atoms with Crippen molar-refractivity contribution in [3.8, 4) is 11.5 Å².